The Labute approximate surface area is 115 Å². The summed E-state index contributed by atoms with van der Waals surface area (Å²) < 4.78 is 5.22. The Kier molecular flexibility index (Phi) is 2.64. The molecule has 20 heavy (non-hydrogen) atoms. The summed E-state index contributed by atoms with van der Waals surface area (Å²) in [6.07, 6.45) is 1.92. The zero-order chi connectivity index (χ0) is 14.3. The van der Waals surface area contributed by atoms with Gasteiger partial charge in [0.15, 0.2) is 5.69 Å². The molecule has 0 radical (unpaired) electrons. The minimum atomic E-state index is -1.09. The smallest absolute Gasteiger partial charge is 0.358 e. The van der Waals surface area contributed by atoms with Gasteiger partial charge in [0.25, 0.3) is 0 Å². The summed E-state index contributed by atoms with van der Waals surface area (Å²) in [5, 5.41) is 13.6. The molecule has 0 aliphatic rings. The zero-order valence-electron chi connectivity index (χ0n) is 11.2. The predicted octanol–water partition coefficient (Wildman–Crippen LogP) is 3.18. The van der Waals surface area contributed by atoms with Gasteiger partial charge in [-0.15, -0.1) is 0 Å². The van der Waals surface area contributed by atoms with Crippen molar-refractivity contribution in [3.05, 3.63) is 53.5 Å². The Balaban J connectivity index is 2.12. The number of aromatic amines is 1. The minimum Gasteiger partial charge on any atom is -0.476 e. The van der Waals surface area contributed by atoms with E-state index in [1.54, 1.807) is 0 Å². The average Bonchev–Trinajstić information content (AvgIpc) is 3.06. The Bertz CT molecular complexity index is 783. The van der Waals surface area contributed by atoms with Crippen molar-refractivity contribution in [3.8, 4) is 0 Å². The van der Waals surface area contributed by atoms with E-state index in [1.165, 1.54) is 6.07 Å². The first-order valence-electron chi connectivity index (χ1n) is 6.27. The lowest BCUT2D eigenvalue weighted by atomic mass is 9.82. The van der Waals surface area contributed by atoms with Crippen LogP contribution in [-0.4, -0.2) is 21.2 Å². The van der Waals surface area contributed by atoms with E-state index in [-0.39, 0.29) is 5.69 Å². The Hall–Kier alpha value is -2.56. The number of carbonyl (C=O) groups is 1. The highest BCUT2D eigenvalue weighted by molar-refractivity contribution is 5.86. The molecule has 0 saturated carbocycles. The van der Waals surface area contributed by atoms with Crippen molar-refractivity contribution in [2.45, 2.75) is 19.3 Å². The van der Waals surface area contributed by atoms with Gasteiger partial charge in [-0.3, -0.25) is 0 Å². The maximum atomic E-state index is 10.9. The number of aromatic nitrogens is 2. The summed E-state index contributed by atoms with van der Waals surface area (Å²) in [7, 11) is 0. The molecule has 0 bridgehead atoms. The van der Waals surface area contributed by atoms with Gasteiger partial charge < -0.3 is 14.6 Å². The molecular formula is C15H14N2O3. The molecule has 2 aromatic heterocycles. The molecule has 2 heterocycles. The lowest BCUT2D eigenvalue weighted by Crippen LogP contribution is -2.17. The van der Waals surface area contributed by atoms with Crippen LogP contribution in [0.25, 0.3) is 10.9 Å². The third kappa shape index (κ3) is 1.79. The first kappa shape index (κ1) is 12.5. The number of rotatable bonds is 3. The van der Waals surface area contributed by atoms with E-state index >= 15 is 0 Å². The number of carboxylic acids is 1. The molecule has 0 saturated heterocycles. The molecule has 5 heteroatoms. The van der Waals surface area contributed by atoms with Crippen LogP contribution in [0.3, 0.4) is 0 Å². The van der Waals surface area contributed by atoms with E-state index < -0.39 is 11.4 Å². The van der Waals surface area contributed by atoms with Gasteiger partial charge in [0.1, 0.15) is 5.76 Å². The molecule has 0 unspecified atom stereocenters. The standard InChI is InChI=1S/C15H14N2O3/c1-15(2,13-7-12(14(18)19)17-20-13)10-8-16-11-6-4-3-5-9(10)11/h3-8,16H,1-2H3,(H,18,19). The van der Waals surface area contributed by atoms with Crippen LogP contribution in [0.5, 0.6) is 0 Å². The van der Waals surface area contributed by atoms with Gasteiger partial charge in [-0.1, -0.05) is 23.4 Å². The van der Waals surface area contributed by atoms with Gasteiger partial charge >= 0.3 is 5.97 Å². The number of aromatic carboxylic acids is 1. The van der Waals surface area contributed by atoms with Crippen molar-refractivity contribution in [2.75, 3.05) is 0 Å². The number of benzene rings is 1. The number of nitrogens with one attached hydrogen (secondary N) is 1. The third-order valence-corrected chi connectivity index (χ3v) is 3.61. The summed E-state index contributed by atoms with van der Waals surface area (Å²) in [4.78, 5) is 14.1. The summed E-state index contributed by atoms with van der Waals surface area (Å²) >= 11 is 0. The summed E-state index contributed by atoms with van der Waals surface area (Å²) in [5.74, 6) is -0.561. The fourth-order valence-electron chi connectivity index (χ4n) is 2.39. The van der Waals surface area contributed by atoms with Crippen molar-refractivity contribution in [1.82, 2.24) is 10.1 Å². The summed E-state index contributed by atoms with van der Waals surface area (Å²) in [5.41, 5.74) is 1.53. The predicted molar refractivity (Wildman–Crippen MR) is 73.9 cm³/mol. The fourth-order valence-corrected chi connectivity index (χ4v) is 2.39. The van der Waals surface area contributed by atoms with Crippen LogP contribution in [0.15, 0.2) is 41.1 Å². The van der Waals surface area contributed by atoms with Gasteiger partial charge in [-0.05, 0) is 25.5 Å². The molecule has 2 N–H and O–H groups in total. The molecule has 0 spiro atoms. The van der Waals surface area contributed by atoms with E-state index in [1.807, 2.05) is 44.3 Å². The number of hydrogen-bond donors (Lipinski definition) is 2. The lowest BCUT2D eigenvalue weighted by molar-refractivity contribution is 0.0685. The van der Waals surface area contributed by atoms with Crippen LogP contribution < -0.4 is 0 Å². The molecule has 0 atom stereocenters. The number of fused-ring (bicyclic) bond motifs is 1. The van der Waals surface area contributed by atoms with Crippen LogP contribution in [0, 0.1) is 0 Å². The number of H-pyrrole nitrogens is 1. The van der Waals surface area contributed by atoms with Crippen LogP contribution in [0.4, 0.5) is 0 Å². The van der Waals surface area contributed by atoms with Crippen LogP contribution >= 0.6 is 0 Å². The molecule has 0 aliphatic carbocycles. The zero-order valence-corrected chi connectivity index (χ0v) is 11.2. The van der Waals surface area contributed by atoms with E-state index in [0.717, 1.165) is 16.5 Å². The van der Waals surface area contributed by atoms with Crippen molar-refractivity contribution < 1.29 is 14.4 Å². The average molecular weight is 270 g/mol. The second kappa shape index (κ2) is 4.23. The summed E-state index contributed by atoms with van der Waals surface area (Å²) in [6, 6.07) is 9.44. The van der Waals surface area contributed by atoms with E-state index in [4.69, 9.17) is 9.63 Å². The molecule has 0 amide bonds. The normalized spacial score (nSPS) is 11.9. The molecule has 1 aromatic carbocycles. The van der Waals surface area contributed by atoms with Gasteiger partial charge in [0.05, 0.1) is 5.41 Å². The number of para-hydroxylation sites is 1. The van der Waals surface area contributed by atoms with Crippen molar-refractivity contribution in [2.24, 2.45) is 0 Å². The minimum absolute atomic E-state index is 0.0760. The molecule has 0 fully saturated rings. The monoisotopic (exact) mass is 270 g/mol. The van der Waals surface area contributed by atoms with E-state index in [0.29, 0.717) is 5.76 Å². The SMILES string of the molecule is CC(C)(c1cc(C(=O)O)no1)c1c[nH]c2ccccc12. The quantitative estimate of drug-likeness (QED) is 0.766. The van der Waals surface area contributed by atoms with Crippen molar-refractivity contribution in [1.29, 1.82) is 0 Å². The fraction of sp³-hybridized carbons (Fsp3) is 0.200. The third-order valence-electron chi connectivity index (χ3n) is 3.61. The molecule has 3 aromatic rings. The largest absolute Gasteiger partial charge is 0.476 e. The summed E-state index contributed by atoms with van der Waals surface area (Å²) in [6.45, 7) is 3.96. The van der Waals surface area contributed by atoms with Crippen molar-refractivity contribution >= 4 is 16.9 Å². The van der Waals surface area contributed by atoms with E-state index in [9.17, 15) is 4.79 Å². The van der Waals surface area contributed by atoms with Crippen LogP contribution in [-0.2, 0) is 5.41 Å². The van der Waals surface area contributed by atoms with Gasteiger partial charge in [0.2, 0.25) is 0 Å². The number of hydrogen-bond acceptors (Lipinski definition) is 3. The van der Waals surface area contributed by atoms with Gasteiger partial charge in [-0.25, -0.2) is 4.79 Å². The first-order valence-corrected chi connectivity index (χ1v) is 6.27. The molecular weight excluding hydrogens is 256 g/mol. The highest BCUT2D eigenvalue weighted by Crippen LogP contribution is 2.36. The second-order valence-corrected chi connectivity index (χ2v) is 5.25. The highest BCUT2D eigenvalue weighted by atomic mass is 16.5. The van der Waals surface area contributed by atoms with E-state index in [2.05, 4.69) is 10.1 Å². The molecule has 3 rings (SSSR count). The number of carboxylic acid groups (broad SMARTS) is 1. The second-order valence-electron chi connectivity index (χ2n) is 5.25. The first-order chi connectivity index (χ1) is 9.50. The number of nitrogens with zero attached hydrogens (tertiary/aromatic N) is 1. The van der Waals surface area contributed by atoms with Gasteiger partial charge in [-0.2, -0.15) is 0 Å². The molecule has 0 aliphatic heterocycles. The maximum absolute atomic E-state index is 10.9. The highest BCUT2D eigenvalue weighted by Gasteiger charge is 2.31. The molecule has 102 valence electrons. The Morgan fingerprint density at radius 2 is 2.10 bits per heavy atom. The van der Waals surface area contributed by atoms with Crippen LogP contribution in [0.1, 0.15) is 35.7 Å². The lowest BCUT2D eigenvalue weighted by Gasteiger charge is -2.20. The topological polar surface area (TPSA) is 79.1 Å². The maximum Gasteiger partial charge on any atom is 0.358 e. The van der Waals surface area contributed by atoms with Crippen LogP contribution in [0.2, 0.25) is 0 Å². The van der Waals surface area contributed by atoms with Gasteiger partial charge in [0, 0.05) is 23.2 Å². The molecule has 5 nitrogen and oxygen atoms in total. The Morgan fingerprint density at radius 3 is 2.80 bits per heavy atom. The van der Waals surface area contributed by atoms with Crippen molar-refractivity contribution in [3.63, 3.8) is 0 Å². The Morgan fingerprint density at radius 1 is 1.35 bits per heavy atom.